The first-order valence-corrected chi connectivity index (χ1v) is 12.9. The van der Waals surface area contributed by atoms with Crippen molar-refractivity contribution >= 4 is 41.0 Å². The molecule has 2 aliphatic heterocycles. The van der Waals surface area contributed by atoms with E-state index in [4.69, 9.17) is 16.3 Å². The van der Waals surface area contributed by atoms with Gasteiger partial charge in [0.1, 0.15) is 11.4 Å². The molecule has 0 spiro atoms. The van der Waals surface area contributed by atoms with E-state index in [1.807, 2.05) is 50.1 Å². The second-order valence-electron chi connectivity index (χ2n) is 9.56. The van der Waals surface area contributed by atoms with Crippen LogP contribution >= 0.6 is 23.4 Å². The Morgan fingerprint density at radius 2 is 1.82 bits per heavy atom. The van der Waals surface area contributed by atoms with Crippen LogP contribution in [0.15, 0.2) is 46.3 Å². The summed E-state index contributed by atoms with van der Waals surface area (Å²) in [5, 5.41) is 0.754. The molecule has 1 aromatic heterocycles. The minimum absolute atomic E-state index is 0.198. The molecule has 0 aliphatic carbocycles. The largest absolute Gasteiger partial charge is 0.444 e. The molecule has 0 saturated carbocycles. The monoisotopic (exact) mass is 488 g/mol. The van der Waals surface area contributed by atoms with E-state index in [-0.39, 0.29) is 6.09 Å². The Bertz CT molecular complexity index is 973. The molecule has 2 aromatic rings. The van der Waals surface area contributed by atoms with E-state index >= 15 is 0 Å². The van der Waals surface area contributed by atoms with Crippen molar-refractivity contribution in [1.82, 2.24) is 14.8 Å². The summed E-state index contributed by atoms with van der Waals surface area (Å²) in [5.74, 6) is 1.02. The number of halogens is 1. The molecule has 4 rings (SSSR count). The van der Waals surface area contributed by atoms with Crippen LogP contribution in [0.25, 0.3) is 0 Å². The SMILES string of the molecule is CC(C)(C)OC(=O)N1CCN(CCCCCN2c3cc(Cl)ccc3Sc3cccnc32)CC1. The number of carbonyl (C=O) groups excluding carboxylic acids is 1. The number of piperazine rings is 1. The van der Waals surface area contributed by atoms with E-state index < -0.39 is 5.60 Å². The summed E-state index contributed by atoms with van der Waals surface area (Å²) < 4.78 is 5.49. The molecule has 0 atom stereocenters. The van der Waals surface area contributed by atoms with Gasteiger partial charge >= 0.3 is 6.09 Å². The summed E-state index contributed by atoms with van der Waals surface area (Å²) in [6, 6.07) is 10.2. The molecule has 33 heavy (non-hydrogen) atoms. The van der Waals surface area contributed by atoms with Crippen LogP contribution < -0.4 is 4.90 Å². The van der Waals surface area contributed by atoms with Gasteiger partial charge in [0.15, 0.2) is 0 Å². The first-order chi connectivity index (χ1) is 15.8. The fourth-order valence-electron chi connectivity index (χ4n) is 4.17. The third kappa shape index (κ3) is 6.34. The van der Waals surface area contributed by atoms with Crippen LogP contribution in [0, 0.1) is 0 Å². The molecule has 1 saturated heterocycles. The Morgan fingerprint density at radius 3 is 2.58 bits per heavy atom. The van der Waals surface area contributed by atoms with Gasteiger partial charge in [0.25, 0.3) is 0 Å². The van der Waals surface area contributed by atoms with Gasteiger partial charge in [0, 0.05) is 48.8 Å². The molecular formula is C25H33ClN4O2S. The van der Waals surface area contributed by atoms with E-state index in [1.165, 1.54) is 9.79 Å². The van der Waals surface area contributed by atoms with Gasteiger partial charge in [0.05, 0.1) is 10.6 Å². The van der Waals surface area contributed by atoms with Crippen molar-refractivity contribution in [2.45, 2.75) is 55.4 Å². The highest BCUT2D eigenvalue weighted by atomic mass is 35.5. The number of pyridine rings is 1. The highest BCUT2D eigenvalue weighted by Gasteiger charge is 2.26. The topological polar surface area (TPSA) is 48.9 Å². The number of nitrogens with zero attached hydrogens (tertiary/aromatic N) is 4. The molecule has 6 nitrogen and oxygen atoms in total. The third-order valence-corrected chi connectivity index (χ3v) is 7.16. The average molecular weight is 489 g/mol. The van der Waals surface area contributed by atoms with Crippen molar-refractivity contribution in [1.29, 1.82) is 0 Å². The van der Waals surface area contributed by atoms with Crippen molar-refractivity contribution in [2.24, 2.45) is 0 Å². The number of carbonyl (C=O) groups is 1. The molecule has 1 fully saturated rings. The summed E-state index contributed by atoms with van der Waals surface area (Å²) in [6.07, 6.45) is 5.04. The average Bonchev–Trinajstić information content (AvgIpc) is 2.78. The first kappa shape index (κ1) is 24.2. The highest BCUT2D eigenvalue weighted by molar-refractivity contribution is 7.99. The van der Waals surface area contributed by atoms with Crippen LogP contribution in [0.1, 0.15) is 40.0 Å². The Labute approximate surface area is 206 Å². The number of hydrogen-bond donors (Lipinski definition) is 0. The number of unbranched alkanes of at least 4 members (excludes halogenated alkanes) is 2. The van der Waals surface area contributed by atoms with Gasteiger partial charge in [0.2, 0.25) is 0 Å². The van der Waals surface area contributed by atoms with Crippen LogP contribution in [-0.2, 0) is 4.74 Å². The zero-order chi connectivity index (χ0) is 23.4. The molecule has 0 bridgehead atoms. The fraction of sp³-hybridized carbons (Fsp3) is 0.520. The summed E-state index contributed by atoms with van der Waals surface area (Å²) in [4.78, 5) is 25.9. The van der Waals surface area contributed by atoms with Gasteiger partial charge in [-0.1, -0.05) is 29.8 Å². The fourth-order valence-corrected chi connectivity index (χ4v) is 5.39. The zero-order valence-corrected chi connectivity index (χ0v) is 21.3. The lowest BCUT2D eigenvalue weighted by atomic mass is 10.2. The van der Waals surface area contributed by atoms with Gasteiger partial charge in [-0.15, -0.1) is 0 Å². The van der Waals surface area contributed by atoms with Crippen LogP contribution in [0.3, 0.4) is 0 Å². The molecule has 1 aromatic carbocycles. The Kier molecular flexibility index (Phi) is 7.72. The van der Waals surface area contributed by atoms with Gasteiger partial charge < -0.3 is 14.5 Å². The smallest absolute Gasteiger partial charge is 0.410 e. The lowest BCUT2D eigenvalue weighted by molar-refractivity contribution is 0.0144. The summed E-state index contributed by atoms with van der Waals surface area (Å²) in [5.41, 5.74) is 0.709. The number of benzene rings is 1. The van der Waals surface area contributed by atoms with Gasteiger partial charge in [-0.05, 0) is 70.5 Å². The summed E-state index contributed by atoms with van der Waals surface area (Å²) >= 11 is 8.06. The van der Waals surface area contributed by atoms with Crippen molar-refractivity contribution in [3.05, 3.63) is 41.6 Å². The molecule has 0 N–H and O–H groups in total. The number of amides is 1. The molecule has 8 heteroatoms. The molecule has 1 amide bonds. The molecule has 2 aliphatic rings. The minimum Gasteiger partial charge on any atom is -0.444 e. The van der Waals surface area contributed by atoms with E-state index in [9.17, 15) is 4.79 Å². The number of anilines is 2. The highest BCUT2D eigenvalue weighted by Crippen LogP contribution is 2.47. The van der Waals surface area contributed by atoms with Crippen LogP contribution in [0.2, 0.25) is 5.02 Å². The van der Waals surface area contributed by atoms with Gasteiger partial charge in [-0.25, -0.2) is 9.78 Å². The molecular weight excluding hydrogens is 456 g/mol. The van der Waals surface area contributed by atoms with Crippen LogP contribution in [-0.4, -0.2) is 65.7 Å². The van der Waals surface area contributed by atoms with Crippen molar-refractivity contribution in [3.8, 4) is 0 Å². The van der Waals surface area contributed by atoms with E-state index in [0.717, 1.165) is 75.1 Å². The lowest BCUT2D eigenvalue weighted by Gasteiger charge is -2.35. The number of ether oxygens (including phenoxy) is 1. The molecule has 0 unspecified atom stereocenters. The quantitative estimate of drug-likeness (QED) is 0.460. The van der Waals surface area contributed by atoms with Crippen molar-refractivity contribution in [2.75, 3.05) is 44.2 Å². The second-order valence-corrected chi connectivity index (χ2v) is 11.1. The molecule has 178 valence electrons. The third-order valence-electron chi connectivity index (χ3n) is 5.82. The molecule has 0 radical (unpaired) electrons. The maximum atomic E-state index is 12.2. The van der Waals surface area contributed by atoms with Crippen LogP contribution in [0.4, 0.5) is 16.3 Å². The maximum Gasteiger partial charge on any atom is 0.410 e. The Morgan fingerprint density at radius 1 is 1.06 bits per heavy atom. The summed E-state index contributed by atoms with van der Waals surface area (Å²) in [7, 11) is 0. The van der Waals surface area contributed by atoms with Gasteiger partial charge in [-0.3, -0.25) is 4.90 Å². The number of rotatable bonds is 6. The standard InChI is InChI=1S/C25H33ClN4O2S/c1-25(2,3)32-24(31)29-16-14-28(15-17-29)12-5-4-6-13-30-20-18-19(26)9-10-21(20)33-22-8-7-11-27-23(22)30/h7-11,18H,4-6,12-17H2,1-3H3. The van der Waals surface area contributed by atoms with Crippen LogP contribution in [0.5, 0.6) is 0 Å². The second kappa shape index (κ2) is 10.5. The minimum atomic E-state index is -0.441. The number of hydrogen-bond acceptors (Lipinski definition) is 6. The van der Waals surface area contributed by atoms with Crippen molar-refractivity contribution in [3.63, 3.8) is 0 Å². The predicted molar refractivity (Wildman–Crippen MR) is 135 cm³/mol. The first-order valence-electron chi connectivity index (χ1n) is 11.7. The zero-order valence-electron chi connectivity index (χ0n) is 19.7. The summed E-state index contributed by atoms with van der Waals surface area (Å²) in [6.45, 7) is 11.0. The van der Waals surface area contributed by atoms with E-state index in [1.54, 1.807) is 11.8 Å². The molecule has 3 heterocycles. The van der Waals surface area contributed by atoms with Crippen molar-refractivity contribution < 1.29 is 9.53 Å². The lowest BCUT2D eigenvalue weighted by Crippen LogP contribution is -2.50. The normalized spacial score (nSPS) is 16.4. The van der Waals surface area contributed by atoms with Gasteiger partial charge in [-0.2, -0.15) is 0 Å². The number of aromatic nitrogens is 1. The van der Waals surface area contributed by atoms with E-state index in [2.05, 4.69) is 26.9 Å². The van der Waals surface area contributed by atoms with E-state index in [0.29, 0.717) is 0 Å². The predicted octanol–water partition coefficient (Wildman–Crippen LogP) is 6.06. The Balaban J connectivity index is 1.23. The number of fused-ring (bicyclic) bond motifs is 2. The maximum absolute atomic E-state index is 12.2. The Hall–Kier alpha value is -1.96.